The second-order valence-electron chi connectivity index (χ2n) is 5.90. The van der Waals surface area contributed by atoms with Gasteiger partial charge in [0.25, 0.3) is 0 Å². The van der Waals surface area contributed by atoms with E-state index >= 15 is 0 Å². The summed E-state index contributed by atoms with van der Waals surface area (Å²) in [6.45, 7) is 4.61. The van der Waals surface area contributed by atoms with E-state index in [1.54, 1.807) is 24.3 Å². The molecule has 0 aliphatic carbocycles. The summed E-state index contributed by atoms with van der Waals surface area (Å²) in [4.78, 5) is 14.5. The summed E-state index contributed by atoms with van der Waals surface area (Å²) in [5, 5.41) is 17.7. The van der Waals surface area contributed by atoms with E-state index in [0.717, 1.165) is 11.1 Å². The maximum atomic E-state index is 12.6. The number of hydrogen-bond acceptors (Lipinski definition) is 3. The van der Waals surface area contributed by atoms with Gasteiger partial charge in [0, 0.05) is 13.0 Å². The van der Waals surface area contributed by atoms with Crippen LogP contribution in [-0.2, 0) is 11.2 Å². The number of rotatable bonds is 6. The second kappa shape index (κ2) is 8.66. The van der Waals surface area contributed by atoms with Crippen molar-refractivity contribution in [1.82, 2.24) is 4.90 Å². The average molecular weight is 331 g/mol. The number of nitrogens with zero attached hydrogens (tertiary/aromatic N) is 3. The summed E-state index contributed by atoms with van der Waals surface area (Å²) in [6.07, 6.45) is 1.08. The molecule has 1 unspecified atom stereocenters. The summed E-state index contributed by atoms with van der Waals surface area (Å²) in [5.41, 5.74) is 3.31. The Morgan fingerprint density at radius 3 is 2.00 bits per heavy atom. The first-order valence-electron chi connectivity index (χ1n) is 8.37. The molecule has 126 valence electrons. The number of aryl methyl sites for hydroxylation is 1. The lowest BCUT2D eigenvalue weighted by Crippen LogP contribution is -2.33. The van der Waals surface area contributed by atoms with Crippen LogP contribution in [0.4, 0.5) is 0 Å². The standard InChI is InChI=1S/C21H21N3O/c1-3-24(16(2)20-11-8-19(15-23)9-12-20)21(25)13-10-17-4-6-18(14-22)7-5-17/h4-9,11-12,16H,3,10,13H2,1-2H3. The van der Waals surface area contributed by atoms with Crippen LogP contribution in [0, 0.1) is 22.7 Å². The minimum absolute atomic E-state index is 0.0359. The van der Waals surface area contributed by atoms with E-state index in [-0.39, 0.29) is 11.9 Å². The summed E-state index contributed by atoms with van der Waals surface area (Å²) >= 11 is 0. The molecule has 0 aromatic heterocycles. The Hall–Kier alpha value is -3.11. The molecule has 2 aromatic carbocycles. The van der Waals surface area contributed by atoms with Gasteiger partial charge >= 0.3 is 0 Å². The summed E-state index contributed by atoms with van der Waals surface area (Å²) < 4.78 is 0. The predicted octanol–water partition coefficient (Wildman–Crippen LogP) is 3.97. The van der Waals surface area contributed by atoms with Crippen molar-refractivity contribution < 1.29 is 4.79 Å². The number of carbonyl (C=O) groups excluding carboxylic acids is 1. The average Bonchev–Trinajstić information content (AvgIpc) is 2.67. The van der Waals surface area contributed by atoms with Crippen LogP contribution >= 0.6 is 0 Å². The molecule has 1 atom stereocenters. The van der Waals surface area contributed by atoms with Crippen molar-refractivity contribution in [1.29, 1.82) is 10.5 Å². The Kier molecular flexibility index (Phi) is 6.32. The molecule has 4 nitrogen and oxygen atoms in total. The fourth-order valence-corrected chi connectivity index (χ4v) is 2.82. The molecule has 0 aliphatic heterocycles. The molecule has 0 N–H and O–H groups in total. The third kappa shape index (κ3) is 4.68. The predicted molar refractivity (Wildman–Crippen MR) is 96.4 cm³/mol. The maximum absolute atomic E-state index is 12.6. The first-order chi connectivity index (χ1) is 12.1. The minimum atomic E-state index is -0.0359. The highest BCUT2D eigenvalue weighted by Crippen LogP contribution is 2.21. The highest BCUT2D eigenvalue weighted by atomic mass is 16.2. The highest BCUT2D eigenvalue weighted by molar-refractivity contribution is 5.77. The van der Waals surface area contributed by atoms with Gasteiger partial charge in [-0.1, -0.05) is 24.3 Å². The molecular formula is C21H21N3O. The lowest BCUT2D eigenvalue weighted by molar-refractivity contribution is -0.133. The molecule has 0 spiro atoms. The zero-order chi connectivity index (χ0) is 18.2. The van der Waals surface area contributed by atoms with Gasteiger partial charge in [0.15, 0.2) is 0 Å². The van der Waals surface area contributed by atoms with Gasteiger partial charge in [0.05, 0.1) is 29.3 Å². The van der Waals surface area contributed by atoms with E-state index in [0.29, 0.717) is 30.5 Å². The van der Waals surface area contributed by atoms with E-state index in [9.17, 15) is 4.79 Å². The van der Waals surface area contributed by atoms with Crippen LogP contribution in [0.25, 0.3) is 0 Å². The van der Waals surface area contributed by atoms with E-state index < -0.39 is 0 Å². The van der Waals surface area contributed by atoms with Crippen molar-refractivity contribution in [2.24, 2.45) is 0 Å². The van der Waals surface area contributed by atoms with Crippen LogP contribution in [0.1, 0.15) is 48.6 Å². The van der Waals surface area contributed by atoms with Gasteiger partial charge in [-0.05, 0) is 55.7 Å². The Balaban J connectivity index is 2.01. The SMILES string of the molecule is CCN(C(=O)CCc1ccc(C#N)cc1)C(C)c1ccc(C#N)cc1. The van der Waals surface area contributed by atoms with E-state index in [2.05, 4.69) is 12.1 Å². The largest absolute Gasteiger partial charge is 0.336 e. The number of nitriles is 2. The van der Waals surface area contributed by atoms with Crippen LogP contribution < -0.4 is 0 Å². The van der Waals surface area contributed by atoms with E-state index in [1.807, 2.05) is 43.0 Å². The van der Waals surface area contributed by atoms with E-state index in [1.165, 1.54) is 0 Å². The van der Waals surface area contributed by atoms with Crippen molar-refractivity contribution in [3.63, 3.8) is 0 Å². The topological polar surface area (TPSA) is 67.9 Å². The fourth-order valence-electron chi connectivity index (χ4n) is 2.82. The molecule has 2 rings (SSSR count). The Morgan fingerprint density at radius 1 is 1.00 bits per heavy atom. The lowest BCUT2D eigenvalue weighted by atomic mass is 10.0. The smallest absolute Gasteiger partial charge is 0.223 e. The molecule has 0 aliphatic rings. The van der Waals surface area contributed by atoms with Gasteiger partial charge < -0.3 is 4.90 Å². The van der Waals surface area contributed by atoms with Crippen molar-refractivity contribution in [3.05, 3.63) is 70.8 Å². The minimum Gasteiger partial charge on any atom is -0.336 e. The third-order valence-corrected chi connectivity index (χ3v) is 4.36. The molecular weight excluding hydrogens is 310 g/mol. The molecule has 0 bridgehead atoms. The number of hydrogen-bond donors (Lipinski definition) is 0. The highest BCUT2D eigenvalue weighted by Gasteiger charge is 2.19. The fraction of sp³-hybridized carbons (Fsp3) is 0.286. The molecule has 2 aromatic rings. The van der Waals surface area contributed by atoms with Crippen LogP contribution in [-0.4, -0.2) is 17.4 Å². The third-order valence-electron chi connectivity index (χ3n) is 4.36. The molecule has 0 radical (unpaired) electrons. The van der Waals surface area contributed by atoms with Gasteiger partial charge in [-0.2, -0.15) is 10.5 Å². The van der Waals surface area contributed by atoms with Crippen LogP contribution in [0.5, 0.6) is 0 Å². The quantitative estimate of drug-likeness (QED) is 0.804. The van der Waals surface area contributed by atoms with Gasteiger partial charge in [0.1, 0.15) is 0 Å². The zero-order valence-electron chi connectivity index (χ0n) is 14.6. The molecule has 4 heteroatoms. The lowest BCUT2D eigenvalue weighted by Gasteiger charge is -2.28. The number of amides is 1. The summed E-state index contributed by atoms with van der Waals surface area (Å²) in [5.74, 6) is 0.101. The van der Waals surface area contributed by atoms with Crippen molar-refractivity contribution in [3.8, 4) is 12.1 Å². The number of carbonyl (C=O) groups is 1. The Bertz CT molecular complexity index is 795. The Labute approximate surface area is 148 Å². The van der Waals surface area contributed by atoms with E-state index in [4.69, 9.17) is 10.5 Å². The normalized spacial score (nSPS) is 11.2. The molecule has 0 heterocycles. The molecule has 25 heavy (non-hydrogen) atoms. The molecule has 0 saturated heterocycles. The first-order valence-corrected chi connectivity index (χ1v) is 8.37. The summed E-state index contributed by atoms with van der Waals surface area (Å²) in [7, 11) is 0. The van der Waals surface area contributed by atoms with Crippen LogP contribution in [0.3, 0.4) is 0 Å². The first kappa shape index (κ1) is 18.2. The van der Waals surface area contributed by atoms with Gasteiger partial charge in [0.2, 0.25) is 5.91 Å². The number of benzene rings is 2. The maximum Gasteiger partial charge on any atom is 0.223 e. The molecule has 0 saturated carbocycles. The molecule has 0 fully saturated rings. The van der Waals surface area contributed by atoms with Crippen LogP contribution in [0.15, 0.2) is 48.5 Å². The zero-order valence-corrected chi connectivity index (χ0v) is 14.6. The van der Waals surface area contributed by atoms with Gasteiger partial charge in [-0.15, -0.1) is 0 Å². The monoisotopic (exact) mass is 331 g/mol. The van der Waals surface area contributed by atoms with Crippen molar-refractivity contribution >= 4 is 5.91 Å². The van der Waals surface area contributed by atoms with Crippen LogP contribution in [0.2, 0.25) is 0 Å². The van der Waals surface area contributed by atoms with Gasteiger partial charge in [-0.25, -0.2) is 0 Å². The second-order valence-corrected chi connectivity index (χ2v) is 5.90. The van der Waals surface area contributed by atoms with Gasteiger partial charge in [-0.3, -0.25) is 4.79 Å². The van der Waals surface area contributed by atoms with Crippen molar-refractivity contribution in [2.75, 3.05) is 6.54 Å². The van der Waals surface area contributed by atoms with Crippen molar-refractivity contribution in [2.45, 2.75) is 32.7 Å². The molecule has 1 amide bonds. The Morgan fingerprint density at radius 2 is 1.52 bits per heavy atom. The summed E-state index contributed by atoms with van der Waals surface area (Å²) in [6, 6.07) is 18.9.